The molecule has 1 saturated heterocycles. The smallest absolute Gasteiger partial charge is 0.255 e. The number of rotatable bonds is 6. The normalized spacial score (nSPS) is 19.0. The van der Waals surface area contributed by atoms with E-state index in [0.29, 0.717) is 35.2 Å². The molecule has 1 atom stereocenters. The first kappa shape index (κ1) is 28.5. The highest BCUT2D eigenvalue weighted by atomic mass is 16.5. The summed E-state index contributed by atoms with van der Waals surface area (Å²) in [4.78, 5) is 33.5. The number of fused-ring (bicyclic) bond motifs is 1. The molecule has 1 saturated carbocycles. The Labute approximate surface area is 241 Å². The molecule has 3 heterocycles. The number of carbonyl (C=O) groups is 2. The minimum atomic E-state index is -0.378. The van der Waals surface area contributed by atoms with Crippen molar-refractivity contribution in [3.63, 3.8) is 0 Å². The molecule has 1 aliphatic carbocycles. The quantitative estimate of drug-likeness (QED) is 0.412. The van der Waals surface area contributed by atoms with Gasteiger partial charge in [-0.25, -0.2) is 4.98 Å². The zero-order valence-electron chi connectivity index (χ0n) is 24.6. The number of nitrogens with one attached hydrogen (secondary N) is 1. The van der Waals surface area contributed by atoms with E-state index in [1.54, 1.807) is 25.4 Å². The van der Waals surface area contributed by atoms with Crippen molar-refractivity contribution in [2.24, 2.45) is 13.0 Å². The molecule has 2 aliphatic rings. The summed E-state index contributed by atoms with van der Waals surface area (Å²) >= 11 is 0. The topological polar surface area (TPSA) is 109 Å². The molecule has 9 nitrogen and oxygen atoms in total. The summed E-state index contributed by atoms with van der Waals surface area (Å²) < 4.78 is 13.1. The Morgan fingerprint density at radius 1 is 1.12 bits per heavy atom. The van der Waals surface area contributed by atoms with Crippen molar-refractivity contribution in [2.45, 2.75) is 70.3 Å². The minimum Gasteiger partial charge on any atom is -0.495 e. The standard InChI is InChI=1S/C32H39N5O4/c1-32(2)16-22(13-14-37(32)31(39)20-9-7-6-8-10-20)24-19-36(3)29-27(24)28(41-5)25(18-34-29)35-30(38)21-11-12-26(40-4)23(15-21)17-33/h11-12,15,18-20,22H,6-10,13-14,16H2,1-5H3,(H,35,38). The number of hydrogen-bond donors (Lipinski definition) is 1. The fraction of sp³-hybridized carbons (Fsp3) is 0.500. The van der Waals surface area contributed by atoms with Crippen LogP contribution in [0.5, 0.6) is 11.5 Å². The van der Waals surface area contributed by atoms with Crippen LogP contribution in [0.4, 0.5) is 5.69 Å². The summed E-state index contributed by atoms with van der Waals surface area (Å²) in [6.07, 6.45) is 10.9. The van der Waals surface area contributed by atoms with Gasteiger partial charge in [-0.3, -0.25) is 9.59 Å². The van der Waals surface area contributed by atoms with Crippen LogP contribution in [0.3, 0.4) is 0 Å². The first-order valence-corrected chi connectivity index (χ1v) is 14.4. The fourth-order valence-electron chi connectivity index (χ4n) is 6.74. The number of anilines is 1. The van der Waals surface area contributed by atoms with E-state index in [9.17, 15) is 14.9 Å². The summed E-state index contributed by atoms with van der Waals surface area (Å²) in [5, 5.41) is 13.2. The van der Waals surface area contributed by atoms with Gasteiger partial charge in [0.25, 0.3) is 5.91 Å². The van der Waals surface area contributed by atoms with Crippen molar-refractivity contribution < 1.29 is 19.1 Å². The first-order chi connectivity index (χ1) is 19.7. The summed E-state index contributed by atoms with van der Waals surface area (Å²) in [6, 6.07) is 6.79. The average Bonchev–Trinajstić information content (AvgIpc) is 3.32. The second-order valence-electron chi connectivity index (χ2n) is 11.9. The van der Waals surface area contributed by atoms with Crippen molar-refractivity contribution in [1.82, 2.24) is 14.5 Å². The molecular formula is C32H39N5O4. The summed E-state index contributed by atoms with van der Waals surface area (Å²) in [5.41, 5.74) is 2.66. The average molecular weight is 558 g/mol. The van der Waals surface area contributed by atoms with Gasteiger partial charge in [0.05, 0.1) is 31.4 Å². The SMILES string of the molecule is COc1ccc(C(=O)Nc2cnc3c(c(C4CCN(C(=O)C5CCCCC5)C(C)(C)C4)cn3C)c2OC)cc1C#N. The number of aryl methyl sites for hydroxylation is 1. The van der Waals surface area contributed by atoms with Crippen molar-refractivity contribution in [1.29, 1.82) is 5.26 Å². The highest BCUT2D eigenvalue weighted by Crippen LogP contribution is 2.45. The Kier molecular flexibility index (Phi) is 7.94. The lowest BCUT2D eigenvalue weighted by Gasteiger charge is -2.47. The number of aromatic nitrogens is 2. The van der Waals surface area contributed by atoms with Crippen LogP contribution >= 0.6 is 0 Å². The first-order valence-electron chi connectivity index (χ1n) is 14.4. The second kappa shape index (κ2) is 11.4. The lowest BCUT2D eigenvalue weighted by molar-refractivity contribution is -0.144. The fourth-order valence-corrected chi connectivity index (χ4v) is 6.74. The predicted molar refractivity (Wildman–Crippen MR) is 157 cm³/mol. The predicted octanol–water partition coefficient (Wildman–Crippen LogP) is 5.78. The molecule has 2 fully saturated rings. The van der Waals surface area contributed by atoms with Crippen LogP contribution in [0.15, 0.2) is 30.6 Å². The third kappa shape index (κ3) is 5.35. The molecule has 1 aliphatic heterocycles. The van der Waals surface area contributed by atoms with Gasteiger partial charge in [0.15, 0.2) is 5.75 Å². The molecule has 2 amide bonds. The monoisotopic (exact) mass is 557 g/mol. The molecule has 9 heteroatoms. The molecule has 2 aromatic heterocycles. The Hall–Kier alpha value is -4.06. The number of hydrogen-bond acceptors (Lipinski definition) is 6. The van der Waals surface area contributed by atoms with Crippen molar-refractivity contribution in [3.05, 3.63) is 47.3 Å². The molecule has 1 N–H and O–H groups in total. The number of piperidine rings is 1. The largest absolute Gasteiger partial charge is 0.495 e. The van der Waals surface area contributed by atoms with E-state index in [1.807, 2.05) is 11.6 Å². The Morgan fingerprint density at radius 3 is 2.54 bits per heavy atom. The number of methoxy groups -OCH3 is 2. The zero-order valence-corrected chi connectivity index (χ0v) is 24.6. The van der Waals surface area contributed by atoms with Crippen LogP contribution in [-0.4, -0.2) is 52.6 Å². The number of carbonyl (C=O) groups excluding carboxylic acids is 2. The third-order valence-electron chi connectivity index (χ3n) is 8.84. The molecule has 3 aromatic rings. The Balaban J connectivity index is 1.44. The maximum absolute atomic E-state index is 13.5. The zero-order chi connectivity index (χ0) is 29.3. The van der Waals surface area contributed by atoms with Crippen LogP contribution in [-0.2, 0) is 11.8 Å². The highest BCUT2D eigenvalue weighted by molar-refractivity contribution is 6.07. The number of nitriles is 1. The third-order valence-corrected chi connectivity index (χ3v) is 8.84. The van der Waals surface area contributed by atoms with E-state index in [1.165, 1.54) is 19.6 Å². The second-order valence-corrected chi connectivity index (χ2v) is 11.9. The van der Waals surface area contributed by atoms with Gasteiger partial charge in [-0.05, 0) is 69.2 Å². The van der Waals surface area contributed by atoms with Crippen LogP contribution in [0.1, 0.15) is 86.2 Å². The number of likely N-dealkylation sites (tertiary alicyclic amines) is 1. The maximum atomic E-state index is 13.5. The van der Waals surface area contributed by atoms with Gasteiger partial charge in [-0.1, -0.05) is 19.3 Å². The molecule has 216 valence electrons. The van der Waals surface area contributed by atoms with Crippen LogP contribution < -0.4 is 14.8 Å². The minimum absolute atomic E-state index is 0.155. The summed E-state index contributed by atoms with van der Waals surface area (Å²) in [7, 11) is 5.04. The molecule has 0 radical (unpaired) electrons. The lowest BCUT2D eigenvalue weighted by atomic mass is 9.77. The molecular weight excluding hydrogens is 518 g/mol. The number of pyridine rings is 1. The van der Waals surface area contributed by atoms with Gasteiger partial charge in [0, 0.05) is 36.8 Å². The summed E-state index contributed by atoms with van der Waals surface area (Å²) in [6.45, 7) is 5.07. The Morgan fingerprint density at radius 2 is 1.88 bits per heavy atom. The highest BCUT2D eigenvalue weighted by Gasteiger charge is 2.41. The molecule has 0 spiro atoms. The van der Waals surface area contributed by atoms with E-state index in [0.717, 1.165) is 55.1 Å². The van der Waals surface area contributed by atoms with Gasteiger partial charge in [-0.2, -0.15) is 5.26 Å². The molecule has 0 bridgehead atoms. The molecule has 5 rings (SSSR count). The number of ether oxygens (including phenoxy) is 2. The van der Waals surface area contributed by atoms with Gasteiger partial charge >= 0.3 is 0 Å². The van der Waals surface area contributed by atoms with E-state index in [-0.39, 0.29) is 28.8 Å². The van der Waals surface area contributed by atoms with E-state index >= 15 is 0 Å². The van der Waals surface area contributed by atoms with Crippen LogP contribution in [0.25, 0.3) is 11.0 Å². The number of nitrogens with zero attached hydrogens (tertiary/aromatic N) is 4. The van der Waals surface area contributed by atoms with Crippen LogP contribution in [0.2, 0.25) is 0 Å². The maximum Gasteiger partial charge on any atom is 0.255 e. The van der Waals surface area contributed by atoms with Gasteiger partial charge in [0.2, 0.25) is 5.91 Å². The summed E-state index contributed by atoms with van der Waals surface area (Å²) in [5.74, 6) is 1.25. The molecule has 1 aromatic carbocycles. The number of amides is 2. The van der Waals surface area contributed by atoms with Gasteiger partial charge < -0.3 is 24.3 Å². The number of benzene rings is 1. The van der Waals surface area contributed by atoms with Crippen molar-refractivity contribution in [3.8, 4) is 17.6 Å². The van der Waals surface area contributed by atoms with Crippen molar-refractivity contribution >= 4 is 28.5 Å². The lowest BCUT2D eigenvalue weighted by Crippen LogP contribution is -2.54. The van der Waals surface area contributed by atoms with Crippen LogP contribution in [0, 0.1) is 17.2 Å². The van der Waals surface area contributed by atoms with E-state index in [4.69, 9.17) is 9.47 Å². The van der Waals surface area contributed by atoms with Gasteiger partial charge in [-0.15, -0.1) is 0 Å². The van der Waals surface area contributed by atoms with E-state index in [2.05, 4.69) is 41.3 Å². The van der Waals surface area contributed by atoms with E-state index < -0.39 is 0 Å². The Bertz CT molecular complexity index is 1510. The molecule has 41 heavy (non-hydrogen) atoms. The molecule has 1 unspecified atom stereocenters. The van der Waals surface area contributed by atoms with Gasteiger partial charge in [0.1, 0.15) is 23.2 Å². The van der Waals surface area contributed by atoms with Crippen molar-refractivity contribution in [2.75, 3.05) is 26.1 Å².